The van der Waals surface area contributed by atoms with Crippen LogP contribution in [0, 0.1) is 10.1 Å². The van der Waals surface area contributed by atoms with Gasteiger partial charge in [-0.25, -0.2) is 0 Å². The van der Waals surface area contributed by atoms with E-state index in [0.29, 0.717) is 5.56 Å². The molecule has 0 aliphatic carbocycles. The number of anilines is 1. The lowest BCUT2D eigenvalue weighted by Crippen LogP contribution is -2.12. The average Bonchev–Trinajstić information content (AvgIpc) is 2.52. The standard InChI is InChI=1S/C16H18N2O4/c1-17(2)13-8-9-14(18(20)21)16(10-13)22-11-15(19)12-6-4-3-5-7-12/h3-10,15,19H,11H2,1-2H3. The number of nitro groups is 1. The molecule has 2 rings (SSSR count). The van der Waals surface area contributed by atoms with Gasteiger partial charge in [0.25, 0.3) is 0 Å². The van der Waals surface area contributed by atoms with Gasteiger partial charge < -0.3 is 14.7 Å². The molecule has 0 fully saturated rings. The Balaban J connectivity index is 2.17. The van der Waals surface area contributed by atoms with E-state index >= 15 is 0 Å². The lowest BCUT2D eigenvalue weighted by molar-refractivity contribution is -0.385. The zero-order valence-electron chi connectivity index (χ0n) is 12.5. The summed E-state index contributed by atoms with van der Waals surface area (Å²) in [5.74, 6) is 0.145. The zero-order chi connectivity index (χ0) is 16.1. The molecule has 6 nitrogen and oxygen atoms in total. The van der Waals surface area contributed by atoms with Crippen molar-refractivity contribution in [1.29, 1.82) is 0 Å². The molecule has 1 unspecified atom stereocenters. The van der Waals surface area contributed by atoms with Crippen molar-refractivity contribution >= 4 is 11.4 Å². The van der Waals surface area contributed by atoms with E-state index in [4.69, 9.17) is 4.74 Å². The van der Waals surface area contributed by atoms with Crippen LogP contribution in [-0.4, -0.2) is 30.7 Å². The SMILES string of the molecule is CN(C)c1ccc([N+](=O)[O-])c(OCC(O)c2ccccc2)c1. The molecule has 0 amide bonds. The van der Waals surface area contributed by atoms with Gasteiger partial charge in [-0.1, -0.05) is 30.3 Å². The first-order valence-corrected chi connectivity index (χ1v) is 6.80. The maximum Gasteiger partial charge on any atom is 0.311 e. The first-order chi connectivity index (χ1) is 10.5. The predicted molar refractivity (Wildman–Crippen MR) is 84.3 cm³/mol. The van der Waals surface area contributed by atoms with Crippen LogP contribution in [0.25, 0.3) is 0 Å². The topological polar surface area (TPSA) is 75.8 Å². The number of ether oxygens (including phenoxy) is 1. The highest BCUT2D eigenvalue weighted by Crippen LogP contribution is 2.31. The molecule has 0 bridgehead atoms. The third-order valence-corrected chi connectivity index (χ3v) is 3.24. The minimum absolute atomic E-state index is 0.0538. The molecule has 1 N–H and O–H groups in total. The number of nitro benzene ring substituents is 1. The molecule has 2 aromatic carbocycles. The van der Waals surface area contributed by atoms with Crippen molar-refractivity contribution in [2.24, 2.45) is 0 Å². The highest BCUT2D eigenvalue weighted by atomic mass is 16.6. The molecule has 0 heterocycles. The Hall–Kier alpha value is -2.60. The number of nitrogens with zero attached hydrogens (tertiary/aromatic N) is 2. The molecule has 116 valence electrons. The van der Waals surface area contributed by atoms with E-state index in [0.717, 1.165) is 5.69 Å². The van der Waals surface area contributed by atoms with E-state index < -0.39 is 11.0 Å². The summed E-state index contributed by atoms with van der Waals surface area (Å²) in [5.41, 5.74) is 1.37. The third kappa shape index (κ3) is 3.73. The van der Waals surface area contributed by atoms with Crippen LogP contribution >= 0.6 is 0 Å². The van der Waals surface area contributed by atoms with Crippen LogP contribution in [0.1, 0.15) is 11.7 Å². The van der Waals surface area contributed by atoms with Crippen molar-refractivity contribution in [2.45, 2.75) is 6.10 Å². The summed E-state index contributed by atoms with van der Waals surface area (Å²) >= 11 is 0. The number of benzene rings is 2. The average molecular weight is 302 g/mol. The molecule has 6 heteroatoms. The maximum absolute atomic E-state index is 11.1. The van der Waals surface area contributed by atoms with Crippen LogP contribution in [0.4, 0.5) is 11.4 Å². The molecule has 0 radical (unpaired) electrons. The highest BCUT2D eigenvalue weighted by molar-refractivity contribution is 5.58. The first-order valence-electron chi connectivity index (χ1n) is 6.80. The van der Waals surface area contributed by atoms with Crippen molar-refractivity contribution in [3.05, 3.63) is 64.2 Å². The molecule has 0 aliphatic rings. The normalized spacial score (nSPS) is 11.8. The van der Waals surface area contributed by atoms with Crippen molar-refractivity contribution in [3.63, 3.8) is 0 Å². The fourth-order valence-electron chi connectivity index (χ4n) is 1.99. The second kappa shape index (κ2) is 6.91. The van der Waals surface area contributed by atoms with E-state index in [1.54, 1.807) is 24.3 Å². The van der Waals surface area contributed by atoms with E-state index in [-0.39, 0.29) is 18.0 Å². The van der Waals surface area contributed by atoms with Crippen LogP contribution < -0.4 is 9.64 Å². The van der Waals surface area contributed by atoms with Crippen molar-refractivity contribution in [3.8, 4) is 5.75 Å². The largest absolute Gasteiger partial charge is 0.484 e. The van der Waals surface area contributed by atoms with Crippen molar-refractivity contribution < 1.29 is 14.8 Å². The fourth-order valence-corrected chi connectivity index (χ4v) is 1.99. The van der Waals surface area contributed by atoms with E-state index in [2.05, 4.69) is 0 Å². The smallest absolute Gasteiger partial charge is 0.311 e. The summed E-state index contributed by atoms with van der Waals surface area (Å²) in [4.78, 5) is 12.4. The van der Waals surface area contributed by atoms with Crippen LogP contribution in [0.15, 0.2) is 48.5 Å². The third-order valence-electron chi connectivity index (χ3n) is 3.24. The lowest BCUT2D eigenvalue weighted by atomic mass is 10.1. The fraction of sp³-hybridized carbons (Fsp3) is 0.250. The van der Waals surface area contributed by atoms with Gasteiger partial charge in [0.15, 0.2) is 5.75 Å². The molecule has 0 aliphatic heterocycles. The van der Waals surface area contributed by atoms with E-state index in [1.165, 1.54) is 6.07 Å². The Labute approximate surface area is 128 Å². The molecule has 2 aromatic rings. The van der Waals surface area contributed by atoms with Gasteiger partial charge in [-0.05, 0) is 11.6 Å². The Morgan fingerprint density at radius 2 is 1.91 bits per heavy atom. The molecule has 22 heavy (non-hydrogen) atoms. The summed E-state index contributed by atoms with van der Waals surface area (Å²) in [6.45, 7) is -0.0538. The van der Waals surface area contributed by atoms with Crippen LogP contribution in [-0.2, 0) is 0 Å². The van der Waals surface area contributed by atoms with Gasteiger partial charge in [0.1, 0.15) is 12.7 Å². The van der Waals surface area contributed by atoms with Gasteiger partial charge in [-0.3, -0.25) is 10.1 Å². The highest BCUT2D eigenvalue weighted by Gasteiger charge is 2.18. The van der Waals surface area contributed by atoms with Crippen molar-refractivity contribution in [2.75, 3.05) is 25.6 Å². The Morgan fingerprint density at radius 1 is 1.23 bits per heavy atom. The second-order valence-corrected chi connectivity index (χ2v) is 5.04. The van der Waals surface area contributed by atoms with Crippen LogP contribution in [0.5, 0.6) is 5.75 Å². The van der Waals surface area contributed by atoms with E-state index in [9.17, 15) is 15.2 Å². The zero-order valence-corrected chi connectivity index (χ0v) is 12.5. The molecular formula is C16H18N2O4. The van der Waals surface area contributed by atoms with Gasteiger partial charge in [-0.2, -0.15) is 0 Å². The minimum Gasteiger partial charge on any atom is -0.484 e. The van der Waals surface area contributed by atoms with Gasteiger partial charge in [0.05, 0.1) is 4.92 Å². The number of aliphatic hydroxyl groups is 1. The number of hydrogen-bond donors (Lipinski definition) is 1. The molecule has 1 atom stereocenters. The van der Waals surface area contributed by atoms with Gasteiger partial charge >= 0.3 is 5.69 Å². The number of hydrogen-bond acceptors (Lipinski definition) is 5. The van der Waals surface area contributed by atoms with Gasteiger partial charge in [0, 0.05) is 31.9 Å². The van der Waals surface area contributed by atoms with E-state index in [1.807, 2.05) is 37.2 Å². The maximum atomic E-state index is 11.1. The summed E-state index contributed by atoms with van der Waals surface area (Å²) < 4.78 is 5.49. The summed E-state index contributed by atoms with van der Waals surface area (Å²) in [7, 11) is 3.67. The summed E-state index contributed by atoms with van der Waals surface area (Å²) in [6, 6.07) is 13.7. The van der Waals surface area contributed by atoms with Crippen LogP contribution in [0.3, 0.4) is 0 Å². The second-order valence-electron chi connectivity index (χ2n) is 5.04. The van der Waals surface area contributed by atoms with Gasteiger partial charge in [0.2, 0.25) is 0 Å². The summed E-state index contributed by atoms with van der Waals surface area (Å²) in [6.07, 6.45) is -0.844. The van der Waals surface area contributed by atoms with Gasteiger partial charge in [-0.15, -0.1) is 0 Å². The molecule has 0 aromatic heterocycles. The minimum atomic E-state index is -0.844. The quantitative estimate of drug-likeness (QED) is 0.656. The summed E-state index contributed by atoms with van der Waals surface area (Å²) in [5, 5.41) is 21.2. The Morgan fingerprint density at radius 3 is 2.50 bits per heavy atom. The molecular weight excluding hydrogens is 284 g/mol. The van der Waals surface area contributed by atoms with Crippen LogP contribution in [0.2, 0.25) is 0 Å². The monoisotopic (exact) mass is 302 g/mol. The first kappa shape index (κ1) is 15.8. The number of rotatable bonds is 6. The molecule has 0 spiro atoms. The predicted octanol–water partition coefficient (Wildman–Crippen LogP) is 2.77. The molecule has 0 saturated carbocycles. The molecule has 0 saturated heterocycles. The van der Waals surface area contributed by atoms with Crippen molar-refractivity contribution in [1.82, 2.24) is 0 Å². The number of aliphatic hydroxyl groups excluding tert-OH is 1. The Kier molecular flexibility index (Phi) is 4.95. The lowest BCUT2D eigenvalue weighted by Gasteiger charge is -2.16. The Bertz CT molecular complexity index is 644.